The molecule has 1 aromatic heterocycles. The van der Waals surface area contributed by atoms with Crippen molar-refractivity contribution in [2.75, 3.05) is 5.32 Å². The van der Waals surface area contributed by atoms with E-state index in [9.17, 15) is 4.79 Å². The van der Waals surface area contributed by atoms with Gasteiger partial charge >= 0.3 is 0 Å². The first-order valence-electron chi connectivity index (χ1n) is 8.00. The van der Waals surface area contributed by atoms with Crippen molar-refractivity contribution >= 4 is 23.0 Å². The van der Waals surface area contributed by atoms with Crippen molar-refractivity contribution in [1.82, 2.24) is 4.57 Å². The second-order valence-electron chi connectivity index (χ2n) is 5.77. The first kappa shape index (κ1) is 15.1. The minimum absolute atomic E-state index is 0.211. The van der Waals surface area contributed by atoms with E-state index in [-0.39, 0.29) is 11.4 Å². The Hall–Kier alpha value is -3.47. The van der Waals surface area contributed by atoms with Gasteiger partial charge < -0.3 is 9.88 Å². The van der Waals surface area contributed by atoms with E-state index >= 15 is 0 Å². The van der Waals surface area contributed by atoms with Gasteiger partial charge in [-0.15, -0.1) is 0 Å². The predicted octanol–water partition coefficient (Wildman–Crippen LogP) is 3.28. The molecule has 0 bridgehead atoms. The number of fused-ring (bicyclic) bond motifs is 1. The first-order valence-corrected chi connectivity index (χ1v) is 8.00. The summed E-state index contributed by atoms with van der Waals surface area (Å²) in [7, 11) is 0. The van der Waals surface area contributed by atoms with Gasteiger partial charge in [0, 0.05) is 6.20 Å². The molecule has 5 nitrogen and oxygen atoms in total. The standard InChI is InChI=1S/C20H16N4O/c21-17-12-6-7-13-24(17)19-18(14-8-2-1-3-9-14)22-15-10-4-5-11-16(15)23-20(19)25/h1-13,19,21H,(H,23,25). The van der Waals surface area contributed by atoms with Crippen molar-refractivity contribution in [3.63, 3.8) is 0 Å². The molecule has 0 saturated carbocycles. The third-order valence-corrected chi connectivity index (χ3v) is 4.15. The van der Waals surface area contributed by atoms with Crippen LogP contribution in [0.2, 0.25) is 0 Å². The highest BCUT2D eigenvalue weighted by Crippen LogP contribution is 2.31. The molecular weight excluding hydrogens is 312 g/mol. The number of hydrogen-bond donors (Lipinski definition) is 2. The summed E-state index contributed by atoms with van der Waals surface area (Å²) in [5.41, 5.74) is 3.10. The van der Waals surface area contributed by atoms with Crippen LogP contribution in [0.1, 0.15) is 11.6 Å². The molecule has 1 amide bonds. The summed E-state index contributed by atoms with van der Waals surface area (Å²) in [5.74, 6) is -0.211. The molecule has 2 heterocycles. The van der Waals surface area contributed by atoms with Crippen LogP contribution in [0.4, 0.5) is 11.4 Å². The highest BCUT2D eigenvalue weighted by atomic mass is 16.2. The summed E-state index contributed by atoms with van der Waals surface area (Å²) in [6, 6.07) is 21.6. The van der Waals surface area contributed by atoms with Gasteiger partial charge in [-0.05, 0) is 29.8 Å². The molecule has 1 atom stereocenters. The maximum Gasteiger partial charge on any atom is 0.253 e. The first-order chi connectivity index (χ1) is 12.2. The van der Waals surface area contributed by atoms with E-state index in [1.807, 2.05) is 60.7 Å². The van der Waals surface area contributed by atoms with E-state index in [0.29, 0.717) is 17.1 Å². The van der Waals surface area contributed by atoms with Gasteiger partial charge in [-0.25, -0.2) is 4.99 Å². The van der Waals surface area contributed by atoms with Crippen LogP contribution in [-0.2, 0) is 4.79 Å². The number of nitrogens with one attached hydrogen (secondary N) is 2. The van der Waals surface area contributed by atoms with Gasteiger partial charge in [0.25, 0.3) is 5.91 Å². The zero-order valence-electron chi connectivity index (χ0n) is 13.4. The van der Waals surface area contributed by atoms with Crippen molar-refractivity contribution < 1.29 is 4.79 Å². The third-order valence-electron chi connectivity index (χ3n) is 4.15. The van der Waals surface area contributed by atoms with E-state index in [1.165, 1.54) is 0 Å². The summed E-state index contributed by atoms with van der Waals surface area (Å²) in [6.45, 7) is 0. The molecule has 1 unspecified atom stereocenters. The SMILES string of the molecule is N=c1ccccn1C1C(=O)Nc2ccccc2N=C1c1ccccc1. The molecule has 0 aliphatic carbocycles. The van der Waals surface area contributed by atoms with Gasteiger partial charge in [-0.3, -0.25) is 10.2 Å². The van der Waals surface area contributed by atoms with E-state index in [4.69, 9.17) is 10.4 Å². The number of pyridine rings is 1. The van der Waals surface area contributed by atoms with Gasteiger partial charge in [0.05, 0.1) is 17.1 Å². The number of aromatic nitrogens is 1. The van der Waals surface area contributed by atoms with E-state index in [1.54, 1.807) is 22.9 Å². The molecule has 0 spiro atoms. The predicted molar refractivity (Wildman–Crippen MR) is 97.0 cm³/mol. The Kier molecular flexibility index (Phi) is 3.74. The number of anilines is 1. The summed E-state index contributed by atoms with van der Waals surface area (Å²) < 4.78 is 1.63. The van der Waals surface area contributed by atoms with Crippen LogP contribution in [0.25, 0.3) is 0 Å². The van der Waals surface area contributed by atoms with Crippen LogP contribution >= 0.6 is 0 Å². The topological polar surface area (TPSA) is 70.2 Å². The monoisotopic (exact) mass is 328 g/mol. The molecule has 0 radical (unpaired) electrons. The molecule has 2 aromatic carbocycles. The summed E-state index contributed by atoms with van der Waals surface area (Å²) in [4.78, 5) is 17.8. The fourth-order valence-corrected chi connectivity index (χ4v) is 2.96. The number of nitrogens with zero attached hydrogens (tertiary/aromatic N) is 2. The summed E-state index contributed by atoms with van der Waals surface area (Å²) in [6.07, 6.45) is 1.74. The van der Waals surface area contributed by atoms with Crippen molar-refractivity contribution in [2.24, 2.45) is 4.99 Å². The van der Waals surface area contributed by atoms with Gasteiger partial charge in [-0.2, -0.15) is 0 Å². The molecule has 0 saturated heterocycles. The lowest BCUT2D eigenvalue weighted by Gasteiger charge is -2.20. The van der Waals surface area contributed by atoms with Crippen molar-refractivity contribution in [1.29, 1.82) is 5.41 Å². The fraction of sp³-hybridized carbons (Fsp3) is 0.0500. The zero-order valence-corrected chi connectivity index (χ0v) is 13.4. The Morgan fingerprint density at radius 1 is 0.920 bits per heavy atom. The molecule has 1 aliphatic heterocycles. The average Bonchev–Trinajstić information content (AvgIpc) is 2.79. The number of carbonyl (C=O) groups is 1. The number of carbonyl (C=O) groups excluding carboxylic acids is 1. The van der Waals surface area contributed by atoms with E-state index < -0.39 is 6.04 Å². The average molecular weight is 328 g/mol. The lowest BCUT2D eigenvalue weighted by atomic mass is 10.0. The zero-order chi connectivity index (χ0) is 17.2. The highest BCUT2D eigenvalue weighted by Gasteiger charge is 2.30. The number of amides is 1. The Bertz CT molecular complexity index is 1020. The molecule has 3 aromatic rings. The maximum atomic E-state index is 13.0. The van der Waals surface area contributed by atoms with Gasteiger partial charge in [0.1, 0.15) is 5.49 Å². The van der Waals surface area contributed by atoms with Gasteiger partial charge in [0.2, 0.25) is 0 Å². The highest BCUT2D eigenvalue weighted by molar-refractivity contribution is 6.20. The third kappa shape index (κ3) is 2.76. The number of benzene rings is 2. The molecule has 25 heavy (non-hydrogen) atoms. The minimum Gasteiger partial charge on any atom is -0.322 e. The van der Waals surface area contributed by atoms with Crippen LogP contribution < -0.4 is 10.8 Å². The maximum absolute atomic E-state index is 13.0. The normalized spacial score (nSPS) is 16.4. The fourth-order valence-electron chi connectivity index (χ4n) is 2.96. The Morgan fingerprint density at radius 2 is 1.64 bits per heavy atom. The molecule has 1 aliphatic rings. The largest absolute Gasteiger partial charge is 0.322 e. The lowest BCUT2D eigenvalue weighted by Crippen LogP contribution is -2.37. The van der Waals surface area contributed by atoms with Crippen LogP contribution in [0, 0.1) is 5.41 Å². The Labute approximate surface area is 144 Å². The molecule has 0 fully saturated rings. The van der Waals surface area contributed by atoms with E-state index in [0.717, 1.165) is 5.56 Å². The number of para-hydroxylation sites is 2. The second kappa shape index (κ2) is 6.20. The Balaban J connectivity index is 1.97. The van der Waals surface area contributed by atoms with Crippen LogP contribution in [0.15, 0.2) is 84.0 Å². The van der Waals surface area contributed by atoms with Crippen molar-refractivity contribution in [3.8, 4) is 0 Å². The van der Waals surface area contributed by atoms with E-state index in [2.05, 4.69) is 5.32 Å². The molecule has 4 rings (SSSR count). The smallest absolute Gasteiger partial charge is 0.253 e. The summed E-state index contributed by atoms with van der Waals surface area (Å²) in [5, 5.41) is 11.2. The quantitative estimate of drug-likeness (QED) is 0.744. The molecule has 2 N–H and O–H groups in total. The van der Waals surface area contributed by atoms with Crippen LogP contribution in [-0.4, -0.2) is 16.2 Å². The second-order valence-corrected chi connectivity index (χ2v) is 5.77. The van der Waals surface area contributed by atoms with Gasteiger partial charge in [-0.1, -0.05) is 48.5 Å². The minimum atomic E-state index is -0.719. The molecule has 5 heteroatoms. The number of aliphatic imine (C=N–C) groups is 1. The molecular formula is C20H16N4O. The number of rotatable bonds is 2. The number of hydrogen-bond acceptors (Lipinski definition) is 3. The van der Waals surface area contributed by atoms with Crippen LogP contribution in [0.5, 0.6) is 0 Å². The lowest BCUT2D eigenvalue weighted by molar-refractivity contribution is -0.117. The Morgan fingerprint density at radius 3 is 2.44 bits per heavy atom. The van der Waals surface area contributed by atoms with Crippen LogP contribution in [0.3, 0.4) is 0 Å². The van der Waals surface area contributed by atoms with Crippen molar-refractivity contribution in [2.45, 2.75) is 6.04 Å². The van der Waals surface area contributed by atoms with Gasteiger partial charge in [0.15, 0.2) is 6.04 Å². The summed E-state index contributed by atoms with van der Waals surface area (Å²) >= 11 is 0. The molecule has 122 valence electrons. The van der Waals surface area contributed by atoms with Crippen molar-refractivity contribution in [3.05, 3.63) is 90.0 Å².